The molecule has 0 saturated carbocycles. The van der Waals surface area contributed by atoms with Crippen molar-refractivity contribution in [1.29, 1.82) is 0 Å². The highest BCUT2D eigenvalue weighted by Crippen LogP contribution is 2.39. The molecule has 1 aliphatic rings. The van der Waals surface area contributed by atoms with Gasteiger partial charge in [-0.1, -0.05) is 24.3 Å². The molecule has 0 saturated heterocycles. The summed E-state index contributed by atoms with van der Waals surface area (Å²) < 4.78 is 11.9. The summed E-state index contributed by atoms with van der Waals surface area (Å²) in [6.45, 7) is 0.485. The number of para-hydroxylation sites is 1. The second-order valence-electron chi connectivity index (χ2n) is 7.55. The van der Waals surface area contributed by atoms with Gasteiger partial charge in [-0.3, -0.25) is 4.79 Å². The predicted octanol–water partition coefficient (Wildman–Crippen LogP) is 5.02. The van der Waals surface area contributed by atoms with Crippen molar-refractivity contribution in [3.63, 3.8) is 0 Å². The number of hydrogen-bond acceptors (Lipinski definition) is 5. The molecule has 3 aromatic rings. The Morgan fingerprint density at radius 3 is 2.70 bits per heavy atom. The molecule has 156 valence electrons. The first-order chi connectivity index (χ1) is 14.6. The number of methoxy groups -OCH3 is 2. The summed E-state index contributed by atoms with van der Waals surface area (Å²) in [7, 11) is 5.12. The second-order valence-corrected chi connectivity index (χ2v) is 8.61. The largest absolute Gasteiger partial charge is 0.497 e. The fourth-order valence-corrected chi connectivity index (χ4v) is 5.15. The molecule has 2 aromatic carbocycles. The Balaban J connectivity index is 1.55. The van der Waals surface area contributed by atoms with Crippen LogP contribution >= 0.6 is 11.3 Å². The Morgan fingerprint density at radius 2 is 1.93 bits per heavy atom. The first-order valence-electron chi connectivity index (χ1n) is 10.1. The minimum absolute atomic E-state index is 0.107. The lowest BCUT2D eigenvalue weighted by atomic mass is 9.82. The van der Waals surface area contributed by atoms with Crippen LogP contribution in [-0.2, 0) is 11.3 Å². The fraction of sp³-hybridized carbons (Fsp3) is 0.333. The van der Waals surface area contributed by atoms with E-state index in [1.807, 2.05) is 43.4 Å². The number of aromatic nitrogens is 1. The number of thiazole rings is 1. The number of ether oxygens (including phenoxy) is 2. The average molecular weight is 423 g/mol. The van der Waals surface area contributed by atoms with Crippen molar-refractivity contribution < 1.29 is 14.3 Å². The van der Waals surface area contributed by atoms with Crippen LogP contribution in [0.1, 0.15) is 29.3 Å². The van der Waals surface area contributed by atoms with Crippen LogP contribution in [-0.4, -0.2) is 37.1 Å². The molecule has 0 N–H and O–H groups in total. The summed E-state index contributed by atoms with van der Waals surface area (Å²) in [5.41, 5.74) is 1.96. The quantitative estimate of drug-likeness (QED) is 0.523. The van der Waals surface area contributed by atoms with Gasteiger partial charge < -0.3 is 14.4 Å². The highest BCUT2D eigenvalue weighted by molar-refractivity contribution is 7.18. The van der Waals surface area contributed by atoms with Gasteiger partial charge >= 0.3 is 0 Å². The van der Waals surface area contributed by atoms with Gasteiger partial charge in [0, 0.05) is 31.1 Å². The van der Waals surface area contributed by atoms with Crippen LogP contribution < -0.4 is 9.47 Å². The van der Waals surface area contributed by atoms with E-state index in [0.29, 0.717) is 6.54 Å². The van der Waals surface area contributed by atoms with E-state index in [-0.39, 0.29) is 17.7 Å². The van der Waals surface area contributed by atoms with Crippen molar-refractivity contribution in [2.45, 2.75) is 25.3 Å². The van der Waals surface area contributed by atoms with Crippen molar-refractivity contribution in [2.24, 2.45) is 5.92 Å². The number of carbonyl (C=O) groups is 1. The second kappa shape index (κ2) is 8.88. The van der Waals surface area contributed by atoms with Gasteiger partial charge in [-0.2, -0.15) is 0 Å². The molecule has 1 amide bonds. The molecule has 0 aliphatic heterocycles. The maximum atomic E-state index is 13.4. The van der Waals surface area contributed by atoms with Gasteiger partial charge in [-0.25, -0.2) is 4.98 Å². The van der Waals surface area contributed by atoms with Crippen LogP contribution in [0.3, 0.4) is 0 Å². The monoisotopic (exact) mass is 422 g/mol. The van der Waals surface area contributed by atoms with E-state index in [9.17, 15) is 4.79 Å². The van der Waals surface area contributed by atoms with Gasteiger partial charge in [0.25, 0.3) is 0 Å². The predicted molar refractivity (Wildman–Crippen MR) is 120 cm³/mol. The van der Waals surface area contributed by atoms with E-state index in [1.165, 1.54) is 4.70 Å². The van der Waals surface area contributed by atoms with Crippen LogP contribution in [0.5, 0.6) is 11.5 Å². The highest BCUT2D eigenvalue weighted by Gasteiger charge is 2.34. The number of benzene rings is 2. The van der Waals surface area contributed by atoms with Crippen molar-refractivity contribution >= 4 is 27.5 Å². The molecule has 0 bridgehead atoms. The Kier molecular flexibility index (Phi) is 6.04. The maximum absolute atomic E-state index is 13.4. The minimum atomic E-state index is -0.107. The maximum Gasteiger partial charge on any atom is 0.226 e. The third-order valence-corrected chi connectivity index (χ3v) is 6.82. The third-order valence-electron chi connectivity index (χ3n) is 5.66. The molecule has 1 aliphatic carbocycles. The number of allylic oxidation sites excluding steroid dienone is 2. The lowest BCUT2D eigenvalue weighted by Crippen LogP contribution is -2.36. The van der Waals surface area contributed by atoms with Crippen LogP contribution in [0.25, 0.3) is 10.2 Å². The van der Waals surface area contributed by atoms with E-state index < -0.39 is 0 Å². The average Bonchev–Trinajstić information content (AvgIpc) is 3.23. The number of fused-ring (bicyclic) bond motifs is 1. The third kappa shape index (κ3) is 4.05. The molecule has 2 atom stereocenters. The Bertz CT molecular complexity index is 1040. The molecule has 0 spiro atoms. The van der Waals surface area contributed by atoms with Crippen LogP contribution in [0.2, 0.25) is 0 Å². The topological polar surface area (TPSA) is 51.7 Å². The zero-order valence-electron chi connectivity index (χ0n) is 17.5. The molecule has 4 rings (SSSR count). The smallest absolute Gasteiger partial charge is 0.226 e. The lowest BCUT2D eigenvalue weighted by Gasteiger charge is -2.30. The van der Waals surface area contributed by atoms with Gasteiger partial charge in [0.05, 0.1) is 35.4 Å². The Morgan fingerprint density at radius 1 is 1.13 bits per heavy atom. The molecule has 0 radical (unpaired) electrons. The summed E-state index contributed by atoms with van der Waals surface area (Å²) in [6.07, 6.45) is 5.88. The van der Waals surface area contributed by atoms with Crippen LogP contribution in [0.4, 0.5) is 0 Å². The fourth-order valence-electron chi connectivity index (χ4n) is 4.01. The van der Waals surface area contributed by atoms with Crippen molar-refractivity contribution in [3.8, 4) is 11.5 Å². The molecule has 6 heteroatoms. The number of hydrogen-bond donors (Lipinski definition) is 0. The molecule has 0 fully saturated rings. The molecule has 1 heterocycles. The summed E-state index contributed by atoms with van der Waals surface area (Å²) >= 11 is 1.70. The van der Waals surface area contributed by atoms with Crippen molar-refractivity contribution in [1.82, 2.24) is 9.88 Å². The van der Waals surface area contributed by atoms with Gasteiger partial charge in [0.2, 0.25) is 5.91 Å². The van der Waals surface area contributed by atoms with Gasteiger partial charge in [0.15, 0.2) is 0 Å². The number of nitrogens with zero attached hydrogens (tertiary/aromatic N) is 2. The summed E-state index contributed by atoms with van der Waals surface area (Å²) in [5, 5.41) is 1.05. The normalized spacial score (nSPS) is 18.4. The first kappa shape index (κ1) is 20.4. The molecule has 5 nitrogen and oxygen atoms in total. The van der Waals surface area contributed by atoms with Crippen molar-refractivity contribution in [3.05, 3.63) is 65.2 Å². The zero-order valence-corrected chi connectivity index (χ0v) is 18.3. The van der Waals surface area contributed by atoms with Gasteiger partial charge in [-0.05, 0) is 37.1 Å². The Labute approximate surface area is 180 Å². The van der Waals surface area contributed by atoms with E-state index in [2.05, 4.69) is 18.2 Å². The van der Waals surface area contributed by atoms with E-state index >= 15 is 0 Å². The molecular formula is C24H26N2O3S. The zero-order chi connectivity index (χ0) is 21.1. The SMILES string of the molecule is COc1ccc(CN(C)C(=O)C2CC=CCC2c2nc3ccccc3s2)c(OC)c1. The van der Waals surface area contributed by atoms with Crippen molar-refractivity contribution in [2.75, 3.05) is 21.3 Å². The van der Waals surface area contributed by atoms with E-state index in [4.69, 9.17) is 14.5 Å². The minimum Gasteiger partial charge on any atom is -0.497 e. The molecule has 30 heavy (non-hydrogen) atoms. The van der Waals surface area contributed by atoms with Crippen LogP contribution in [0, 0.1) is 5.92 Å². The summed E-state index contributed by atoms with van der Waals surface area (Å²) in [5.74, 6) is 1.60. The van der Waals surface area contributed by atoms with Gasteiger partial charge in [-0.15, -0.1) is 11.3 Å². The summed E-state index contributed by atoms with van der Waals surface area (Å²) in [4.78, 5) is 20.1. The van der Waals surface area contributed by atoms with E-state index in [0.717, 1.165) is 40.4 Å². The standard InChI is InChI=1S/C24H26N2O3S/c1-26(15-16-12-13-17(28-2)14-21(16)29-3)24(27)19-9-5-4-8-18(19)23-25-20-10-6-7-11-22(20)30-23/h4-7,10-14,18-19H,8-9,15H2,1-3H3. The number of amides is 1. The first-order valence-corrected chi connectivity index (χ1v) is 10.9. The highest BCUT2D eigenvalue weighted by atomic mass is 32.1. The van der Waals surface area contributed by atoms with E-state index in [1.54, 1.807) is 30.5 Å². The molecule has 1 aromatic heterocycles. The van der Waals surface area contributed by atoms with Crippen LogP contribution in [0.15, 0.2) is 54.6 Å². The Hall–Kier alpha value is -2.86. The summed E-state index contributed by atoms with van der Waals surface area (Å²) in [6, 6.07) is 13.9. The number of carbonyl (C=O) groups excluding carboxylic acids is 1. The lowest BCUT2D eigenvalue weighted by molar-refractivity contribution is -0.135. The van der Waals surface area contributed by atoms with Gasteiger partial charge in [0.1, 0.15) is 11.5 Å². The number of rotatable bonds is 6. The molecule has 2 unspecified atom stereocenters. The molecular weight excluding hydrogens is 396 g/mol.